The first-order valence-electron chi connectivity index (χ1n) is 11.3. The van der Waals surface area contributed by atoms with E-state index in [4.69, 9.17) is 9.47 Å². The van der Waals surface area contributed by atoms with Gasteiger partial charge in [0.1, 0.15) is 6.61 Å². The van der Waals surface area contributed by atoms with Crippen molar-refractivity contribution in [1.82, 2.24) is 15.1 Å². The number of likely N-dealkylation sites (N-methyl/N-ethyl adjacent to an activating group) is 1. The van der Waals surface area contributed by atoms with Crippen LogP contribution in [0.3, 0.4) is 0 Å². The maximum Gasteiger partial charge on any atom is 0.317 e. The third-order valence-corrected chi connectivity index (χ3v) is 6.23. The van der Waals surface area contributed by atoms with Gasteiger partial charge < -0.3 is 19.7 Å². The van der Waals surface area contributed by atoms with Gasteiger partial charge in [0.05, 0.1) is 6.54 Å². The van der Waals surface area contributed by atoms with E-state index in [0.29, 0.717) is 19.7 Å². The van der Waals surface area contributed by atoms with E-state index in [1.807, 2.05) is 36.1 Å². The highest BCUT2D eigenvalue weighted by Crippen LogP contribution is 2.31. The molecule has 4 rings (SSSR count). The van der Waals surface area contributed by atoms with Crippen molar-refractivity contribution in [3.8, 4) is 11.5 Å². The second-order valence-corrected chi connectivity index (χ2v) is 8.46. The fourth-order valence-corrected chi connectivity index (χ4v) is 4.28. The van der Waals surface area contributed by atoms with Gasteiger partial charge in [-0.15, -0.1) is 0 Å². The largest absolute Gasteiger partial charge is 0.486 e. The van der Waals surface area contributed by atoms with Gasteiger partial charge in [-0.2, -0.15) is 0 Å². The predicted molar refractivity (Wildman–Crippen MR) is 122 cm³/mol. The van der Waals surface area contributed by atoms with Crippen LogP contribution in [-0.4, -0.2) is 60.8 Å². The number of carbonyl (C=O) groups excluding carboxylic acids is 1. The molecule has 0 saturated carbocycles. The molecule has 2 aromatic carbocycles. The van der Waals surface area contributed by atoms with E-state index in [0.717, 1.165) is 44.0 Å². The number of rotatable bonds is 6. The summed E-state index contributed by atoms with van der Waals surface area (Å²) in [5.41, 5.74) is 2.73. The van der Waals surface area contributed by atoms with Crippen LogP contribution in [-0.2, 0) is 6.54 Å². The number of hydrogen-bond acceptors (Lipinski definition) is 4. The molecule has 31 heavy (non-hydrogen) atoms. The number of aryl methyl sites for hydroxylation is 1. The molecule has 1 saturated heterocycles. The lowest BCUT2D eigenvalue weighted by Gasteiger charge is -2.35. The van der Waals surface area contributed by atoms with Crippen molar-refractivity contribution in [2.24, 2.45) is 0 Å². The van der Waals surface area contributed by atoms with E-state index in [-0.39, 0.29) is 18.2 Å². The molecule has 0 aliphatic carbocycles. The summed E-state index contributed by atoms with van der Waals surface area (Å²) in [5.74, 6) is 1.51. The predicted octanol–water partition coefficient (Wildman–Crippen LogP) is 3.83. The monoisotopic (exact) mass is 423 g/mol. The van der Waals surface area contributed by atoms with Crippen LogP contribution in [0.15, 0.2) is 48.5 Å². The first kappa shape index (κ1) is 21.5. The van der Waals surface area contributed by atoms with Gasteiger partial charge in [-0.3, -0.25) is 4.90 Å². The van der Waals surface area contributed by atoms with Crippen LogP contribution >= 0.6 is 0 Å². The first-order valence-corrected chi connectivity index (χ1v) is 11.3. The van der Waals surface area contributed by atoms with E-state index in [1.165, 1.54) is 11.1 Å². The zero-order valence-electron chi connectivity index (χ0n) is 18.5. The van der Waals surface area contributed by atoms with E-state index >= 15 is 0 Å². The van der Waals surface area contributed by atoms with Gasteiger partial charge in [0, 0.05) is 32.2 Å². The summed E-state index contributed by atoms with van der Waals surface area (Å²) in [6.45, 7) is 8.77. The van der Waals surface area contributed by atoms with Gasteiger partial charge in [0.15, 0.2) is 17.6 Å². The Morgan fingerprint density at radius 1 is 1.10 bits per heavy atom. The number of nitrogens with one attached hydrogen (secondary N) is 1. The molecule has 2 amide bonds. The zero-order chi connectivity index (χ0) is 21.6. The zero-order valence-corrected chi connectivity index (χ0v) is 18.5. The minimum atomic E-state index is -0.156. The molecule has 0 radical (unpaired) electrons. The average Bonchev–Trinajstić information content (AvgIpc) is 2.80. The number of piperidine rings is 1. The topological polar surface area (TPSA) is 54.0 Å². The van der Waals surface area contributed by atoms with Crippen LogP contribution in [0.4, 0.5) is 4.79 Å². The van der Waals surface area contributed by atoms with E-state index < -0.39 is 0 Å². The lowest BCUT2D eigenvalue weighted by atomic mass is 10.0. The first-order chi connectivity index (χ1) is 15.1. The van der Waals surface area contributed by atoms with Gasteiger partial charge in [-0.25, -0.2) is 4.79 Å². The Kier molecular flexibility index (Phi) is 6.97. The van der Waals surface area contributed by atoms with Gasteiger partial charge in [-0.1, -0.05) is 36.4 Å². The summed E-state index contributed by atoms with van der Waals surface area (Å²) in [6, 6.07) is 16.4. The van der Waals surface area contributed by atoms with Crippen molar-refractivity contribution in [3.05, 3.63) is 59.7 Å². The van der Waals surface area contributed by atoms with Crippen molar-refractivity contribution in [3.63, 3.8) is 0 Å². The second-order valence-electron chi connectivity index (χ2n) is 8.46. The lowest BCUT2D eigenvalue weighted by molar-refractivity contribution is 0.0665. The quantitative estimate of drug-likeness (QED) is 0.767. The molecule has 0 spiro atoms. The molecule has 0 aromatic heterocycles. The summed E-state index contributed by atoms with van der Waals surface area (Å²) in [7, 11) is 0. The molecule has 2 aliphatic heterocycles. The molecule has 1 N–H and O–H groups in total. The number of nitrogens with zero attached hydrogens (tertiary/aromatic N) is 2. The van der Waals surface area contributed by atoms with Crippen LogP contribution in [0.25, 0.3) is 0 Å². The number of hydrogen-bond donors (Lipinski definition) is 1. The van der Waals surface area contributed by atoms with Crippen molar-refractivity contribution in [2.75, 3.05) is 32.8 Å². The molecule has 1 unspecified atom stereocenters. The van der Waals surface area contributed by atoms with Crippen molar-refractivity contribution < 1.29 is 14.3 Å². The van der Waals surface area contributed by atoms with Crippen molar-refractivity contribution in [1.29, 1.82) is 0 Å². The van der Waals surface area contributed by atoms with Crippen LogP contribution in [0.1, 0.15) is 30.9 Å². The van der Waals surface area contributed by atoms with Gasteiger partial charge in [0.25, 0.3) is 0 Å². The Labute approximate surface area is 185 Å². The number of amides is 2. The molecule has 6 nitrogen and oxygen atoms in total. The van der Waals surface area contributed by atoms with Crippen LogP contribution in [0, 0.1) is 6.92 Å². The van der Waals surface area contributed by atoms with Crippen LogP contribution < -0.4 is 14.8 Å². The van der Waals surface area contributed by atoms with Crippen molar-refractivity contribution in [2.45, 2.75) is 45.4 Å². The fourth-order valence-electron chi connectivity index (χ4n) is 4.28. The number of carbonyl (C=O) groups is 1. The minimum absolute atomic E-state index is 0.0117. The molecule has 2 heterocycles. The maximum atomic E-state index is 12.9. The van der Waals surface area contributed by atoms with E-state index in [1.54, 1.807) is 0 Å². The Hall–Kier alpha value is -2.73. The molecule has 1 fully saturated rings. The van der Waals surface area contributed by atoms with Crippen LogP contribution in [0.2, 0.25) is 0 Å². The highest BCUT2D eigenvalue weighted by atomic mass is 16.6. The molecule has 0 bridgehead atoms. The van der Waals surface area contributed by atoms with Crippen molar-refractivity contribution >= 4 is 6.03 Å². The summed E-state index contributed by atoms with van der Waals surface area (Å²) in [4.78, 5) is 17.2. The number of urea groups is 1. The number of ether oxygens (including phenoxy) is 2. The number of fused-ring (bicyclic) bond motifs is 1. The molecule has 166 valence electrons. The smallest absolute Gasteiger partial charge is 0.317 e. The summed E-state index contributed by atoms with van der Waals surface area (Å²) in [5, 5.41) is 3.24. The Morgan fingerprint density at radius 2 is 1.81 bits per heavy atom. The third kappa shape index (κ3) is 5.50. The van der Waals surface area contributed by atoms with Gasteiger partial charge in [0.2, 0.25) is 0 Å². The van der Waals surface area contributed by atoms with E-state index in [2.05, 4.69) is 41.4 Å². The van der Waals surface area contributed by atoms with Gasteiger partial charge in [-0.05, 0) is 49.9 Å². The summed E-state index contributed by atoms with van der Waals surface area (Å²) < 4.78 is 11.8. The Bertz CT molecular complexity index is 880. The minimum Gasteiger partial charge on any atom is -0.486 e. The van der Waals surface area contributed by atoms with Gasteiger partial charge >= 0.3 is 6.03 Å². The third-order valence-electron chi connectivity index (χ3n) is 6.23. The van der Waals surface area contributed by atoms with E-state index in [9.17, 15) is 4.79 Å². The molecule has 2 aliphatic rings. The summed E-state index contributed by atoms with van der Waals surface area (Å²) in [6.07, 6.45) is 1.80. The standard InChI is InChI=1S/C25H33N3O3/c1-3-28(17-22-18-30-23-10-6-7-11-24(23)31-22)25(29)26-21-12-14-27(15-13-21)16-20-9-5-4-8-19(20)2/h4-11,21-22H,3,12-18H2,1-2H3,(H,26,29). The molecular weight excluding hydrogens is 390 g/mol. The molecule has 1 atom stereocenters. The van der Waals surface area contributed by atoms with Crippen LogP contribution in [0.5, 0.6) is 11.5 Å². The molecule has 6 heteroatoms. The molecular formula is C25H33N3O3. The second kappa shape index (κ2) is 10.1. The number of para-hydroxylation sites is 2. The number of benzene rings is 2. The number of likely N-dealkylation sites (tertiary alicyclic amines) is 1. The lowest BCUT2D eigenvalue weighted by Crippen LogP contribution is -2.52. The fraction of sp³-hybridized carbons (Fsp3) is 0.480. The summed E-state index contributed by atoms with van der Waals surface area (Å²) >= 11 is 0. The molecule has 2 aromatic rings. The SMILES string of the molecule is CCN(CC1COc2ccccc2O1)C(=O)NC1CCN(Cc2ccccc2C)CC1. The highest BCUT2D eigenvalue weighted by Gasteiger charge is 2.27. The normalized spacial score (nSPS) is 19.1. The Balaban J connectivity index is 1.24. The average molecular weight is 424 g/mol. The highest BCUT2D eigenvalue weighted by molar-refractivity contribution is 5.74. The maximum absolute atomic E-state index is 12.9. The Morgan fingerprint density at radius 3 is 2.55 bits per heavy atom.